The number of benzene rings is 1. The van der Waals surface area contributed by atoms with E-state index < -0.39 is 23.0 Å². The topological polar surface area (TPSA) is 43.1 Å². The number of carbonyl (C=O) groups is 1. The highest BCUT2D eigenvalue weighted by Gasteiger charge is 2.18. The molecule has 0 spiro atoms. The fraction of sp³-hybridized carbons (Fsp3) is 0.182. The van der Waals surface area contributed by atoms with Crippen molar-refractivity contribution in [1.29, 1.82) is 0 Å². The van der Waals surface area contributed by atoms with E-state index in [-0.39, 0.29) is 18.5 Å². The summed E-state index contributed by atoms with van der Waals surface area (Å²) in [6, 6.07) is 2.03. The largest absolute Gasteiger partial charge is 0.396 e. The fourth-order valence-electron chi connectivity index (χ4n) is 1.13. The van der Waals surface area contributed by atoms with Crippen molar-refractivity contribution in [2.45, 2.75) is 12.8 Å². The van der Waals surface area contributed by atoms with E-state index in [0.29, 0.717) is 0 Å². The first kappa shape index (κ1) is 11.2. The summed E-state index contributed by atoms with van der Waals surface area (Å²) in [4.78, 5) is 11.4. The normalized spacial score (nSPS) is 9.67. The van der Waals surface area contributed by atoms with Crippen LogP contribution in [0.3, 0.4) is 0 Å². The number of ketones is 1. The molecule has 2 nitrogen and oxygen atoms in total. The van der Waals surface area contributed by atoms with Gasteiger partial charge in [-0.3, -0.25) is 4.79 Å². The van der Waals surface area contributed by atoms with E-state index >= 15 is 0 Å². The molecule has 0 atom stereocenters. The zero-order valence-electron chi connectivity index (χ0n) is 7.89. The summed E-state index contributed by atoms with van der Waals surface area (Å²) in [5.74, 6) is -0.376. The van der Waals surface area contributed by atoms with Gasteiger partial charge < -0.3 is 5.73 Å². The van der Waals surface area contributed by atoms with Crippen LogP contribution < -0.4 is 5.73 Å². The highest BCUT2D eigenvalue weighted by atomic mass is 19.1. The zero-order chi connectivity index (χ0) is 11.4. The minimum Gasteiger partial charge on any atom is -0.396 e. The summed E-state index contributed by atoms with van der Waals surface area (Å²) in [6.45, 7) is 0. The van der Waals surface area contributed by atoms with Crippen molar-refractivity contribution in [3.8, 4) is 12.3 Å². The molecule has 0 aliphatic carbocycles. The van der Waals surface area contributed by atoms with Gasteiger partial charge in [0.2, 0.25) is 0 Å². The molecule has 0 unspecified atom stereocenters. The fourth-order valence-corrected chi connectivity index (χ4v) is 1.13. The summed E-state index contributed by atoms with van der Waals surface area (Å²) in [5.41, 5.74) is 4.37. The van der Waals surface area contributed by atoms with E-state index in [1.54, 1.807) is 0 Å². The number of hydrogen-bond acceptors (Lipinski definition) is 2. The van der Waals surface area contributed by atoms with Crippen molar-refractivity contribution in [3.63, 3.8) is 0 Å². The first-order chi connectivity index (χ1) is 7.07. The van der Waals surface area contributed by atoms with Crippen LogP contribution in [0.15, 0.2) is 12.1 Å². The number of terminal acetylenes is 1. The lowest BCUT2D eigenvalue weighted by Gasteiger charge is -2.04. The second-order valence-corrected chi connectivity index (χ2v) is 2.95. The second kappa shape index (κ2) is 4.56. The molecule has 0 heterocycles. The number of rotatable bonds is 3. The predicted molar refractivity (Wildman–Crippen MR) is 53.2 cm³/mol. The Morgan fingerprint density at radius 3 is 2.73 bits per heavy atom. The minimum atomic E-state index is -1.02. The Hall–Kier alpha value is -1.89. The first-order valence-electron chi connectivity index (χ1n) is 4.28. The van der Waals surface area contributed by atoms with Gasteiger partial charge in [-0.15, -0.1) is 12.3 Å². The lowest BCUT2D eigenvalue weighted by atomic mass is 10.0. The van der Waals surface area contributed by atoms with E-state index in [4.69, 9.17) is 12.2 Å². The molecule has 4 heteroatoms. The molecular formula is C11H9F2NO. The van der Waals surface area contributed by atoms with Gasteiger partial charge in [0.15, 0.2) is 11.6 Å². The molecule has 1 rings (SSSR count). The number of halogens is 2. The van der Waals surface area contributed by atoms with Gasteiger partial charge in [-0.25, -0.2) is 8.78 Å². The molecule has 0 saturated heterocycles. The summed E-state index contributed by atoms with van der Waals surface area (Å²) in [5, 5.41) is 0. The van der Waals surface area contributed by atoms with E-state index in [2.05, 4.69) is 5.92 Å². The molecule has 0 aromatic heterocycles. The van der Waals surface area contributed by atoms with Crippen LogP contribution in [0.25, 0.3) is 0 Å². The Morgan fingerprint density at radius 1 is 1.47 bits per heavy atom. The molecular weight excluding hydrogens is 200 g/mol. The van der Waals surface area contributed by atoms with E-state index in [1.807, 2.05) is 0 Å². The van der Waals surface area contributed by atoms with Gasteiger partial charge in [-0.1, -0.05) is 0 Å². The van der Waals surface area contributed by atoms with Gasteiger partial charge >= 0.3 is 0 Å². The van der Waals surface area contributed by atoms with Crippen LogP contribution in [0.4, 0.5) is 14.5 Å². The molecule has 0 bridgehead atoms. The zero-order valence-corrected chi connectivity index (χ0v) is 7.89. The Balaban J connectivity index is 3.08. The molecule has 0 amide bonds. The predicted octanol–water partition coefficient (Wildman–Crippen LogP) is 2.14. The second-order valence-electron chi connectivity index (χ2n) is 2.95. The quantitative estimate of drug-likeness (QED) is 0.471. The number of hydrogen-bond donors (Lipinski definition) is 1. The monoisotopic (exact) mass is 209 g/mol. The van der Waals surface area contributed by atoms with Gasteiger partial charge in [0.25, 0.3) is 0 Å². The van der Waals surface area contributed by atoms with Crippen LogP contribution in [0, 0.1) is 24.0 Å². The van der Waals surface area contributed by atoms with Gasteiger partial charge in [0.05, 0.1) is 11.3 Å². The van der Waals surface area contributed by atoms with Crippen LogP contribution in [0.1, 0.15) is 23.2 Å². The molecule has 0 aliphatic rings. The SMILES string of the molecule is C#CCCC(=O)c1c(F)ccc(N)c1F. The standard InChI is InChI=1S/C11H9F2NO/c1-2-3-4-9(15)10-7(12)5-6-8(14)11(10)13/h1,5-6H,3-4,14H2. The first-order valence-corrected chi connectivity index (χ1v) is 4.28. The number of nitrogen functional groups attached to an aromatic ring is 1. The maximum Gasteiger partial charge on any atom is 0.169 e. The third-order valence-corrected chi connectivity index (χ3v) is 1.90. The minimum absolute atomic E-state index is 0.0895. The number of nitrogens with two attached hydrogens (primary N) is 1. The smallest absolute Gasteiger partial charge is 0.169 e. The average molecular weight is 209 g/mol. The van der Waals surface area contributed by atoms with Crippen LogP contribution in [-0.4, -0.2) is 5.78 Å². The van der Waals surface area contributed by atoms with E-state index in [0.717, 1.165) is 12.1 Å². The van der Waals surface area contributed by atoms with E-state index in [1.165, 1.54) is 0 Å². The van der Waals surface area contributed by atoms with Gasteiger partial charge in [-0.05, 0) is 12.1 Å². The maximum atomic E-state index is 13.3. The molecule has 0 radical (unpaired) electrons. The van der Waals surface area contributed by atoms with Gasteiger partial charge in [-0.2, -0.15) is 0 Å². The summed E-state index contributed by atoms with van der Waals surface area (Å²) in [7, 11) is 0. The summed E-state index contributed by atoms with van der Waals surface area (Å²) < 4.78 is 26.4. The molecule has 0 fully saturated rings. The van der Waals surface area contributed by atoms with Crippen LogP contribution in [0.2, 0.25) is 0 Å². The van der Waals surface area contributed by atoms with E-state index in [9.17, 15) is 13.6 Å². The van der Waals surface area contributed by atoms with Crippen molar-refractivity contribution in [2.75, 3.05) is 5.73 Å². The molecule has 15 heavy (non-hydrogen) atoms. The number of Topliss-reactive ketones (excluding diaryl/α,β-unsaturated/α-hetero) is 1. The average Bonchev–Trinajstić information content (AvgIpc) is 2.21. The summed E-state index contributed by atoms with van der Waals surface area (Å²) in [6.07, 6.45) is 5.00. The van der Waals surface area contributed by atoms with Crippen LogP contribution in [0.5, 0.6) is 0 Å². The summed E-state index contributed by atoms with van der Waals surface area (Å²) >= 11 is 0. The van der Waals surface area contributed by atoms with Crippen molar-refractivity contribution in [2.24, 2.45) is 0 Å². The molecule has 78 valence electrons. The molecule has 1 aromatic carbocycles. The molecule has 1 aromatic rings. The third kappa shape index (κ3) is 2.32. The molecule has 0 aliphatic heterocycles. The Kier molecular flexibility index (Phi) is 3.40. The molecule has 0 saturated carbocycles. The lowest BCUT2D eigenvalue weighted by Crippen LogP contribution is -2.08. The lowest BCUT2D eigenvalue weighted by molar-refractivity contribution is 0.0976. The highest BCUT2D eigenvalue weighted by molar-refractivity contribution is 5.97. The van der Waals surface area contributed by atoms with Crippen LogP contribution in [-0.2, 0) is 0 Å². The Morgan fingerprint density at radius 2 is 2.13 bits per heavy atom. The maximum absolute atomic E-state index is 13.3. The highest BCUT2D eigenvalue weighted by Crippen LogP contribution is 2.20. The van der Waals surface area contributed by atoms with Crippen molar-refractivity contribution in [1.82, 2.24) is 0 Å². The Labute approximate surface area is 86.1 Å². The third-order valence-electron chi connectivity index (χ3n) is 1.90. The van der Waals surface area contributed by atoms with Crippen molar-refractivity contribution < 1.29 is 13.6 Å². The molecule has 2 N–H and O–H groups in total. The van der Waals surface area contributed by atoms with Gasteiger partial charge in [0, 0.05) is 12.8 Å². The Bertz CT molecular complexity index is 435. The van der Waals surface area contributed by atoms with Crippen molar-refractivity contribution in [3.05, 3.63) is 29.3 Å². The van der Waals surface area contributed by atoms with Crippen LogP contribution >= 0.6 is 0 Å². The number of anilines is 1. The van der Waals surface area contributed by atoms with Gasteiger partial charge in [0.1, 0.15) is 5.82 Å². The number of carbonyl (C=O) groups excluding carboxylic acids is 1. The van der Waals surface area contributed by atoms with Crippen molar-refractivity contribution >= 4 is 11.5 Å².